The Hall–Kier alpha value is -3.68. The number of amides is 3. The molecule has 5 atom stereocenters. The number of benzene rings is 2. The largest absolute Gasteiger partial charge is 0.484 e. The molecule has 2 aromatic carbocycles. The molecule has 2 aliphatic heterocycles. The van der Waals surface area contributed by atoms with Crippen molar-refractivity contribution in [2.75, 3.05) is 19.7 Å². The van der Waals surface area contributed by atoms with E-state index in [1.165, 1.54) is 0 Å². The number of carbonyl (C=O) groups is 4. The zero-order chi connectivity index (χ0) is 25.8. The third-order valence-corrected chi connectivity index (χ3v) is 7.98. The second kappa shape index (κ2) is 11.2. The van der Waals surface area contributed by atoms with Crippen molar-refractivity contribution in [3.05, 3.63) is 54.6 Å². The molecule has 3 aliphatic rings. The van der Waals surface area contributed by atoms with Crippen molar-refractivity contribution in [2.45, 2.75) is 44.2 Å². The number of ether oxygens (including phenoxy) is 1. The summed E-state index contributed by atoms with van der Waals surface area (Å²) < 4.78 is 5.87. The SMILES string of the molecule is O=C[C@H](C[C@@H]1CCNC1=O)NC(=O)C1[C@@H]2CCC[C@H]2CN1C(=O)COc1cccc(-c2ccccc2)c1. The second-order valence-corrected chi connectivity index (χ2v) is 10.3. The lowest BCUT2D eigenvalue weighted by molar-refractivity contribution is -0.141. The molecule has 5 rings (SSSR count). The van der Waals surface area contributed by atoms with Gasteiger partial charge < -0.3 is 25.1 Å². The van der Waals surface area contributed by atoms with E-state index < -0.39 is 12.1 Å². The van der Waals surface area contributed by atoms with Crippen LogP contribution in [0.5, 0.6) is 5.75 Å². The summed E-state index contributed by atoms with van der Waals surface area (Å²) in [7, 11) is 0. The van der Waals surface area contributed by atoms with Crippen LogP contribution < -0.4 is 15.4 Å². The Bertz CT molecular complexity index is 1150. The van der Waals surface area contributed by atoms with E-state index in [2.05, 4.69) is 10.6 Å². The van der Waals surface area contributed by atoms with Gasteiger partial charge in [0, 0.05) is 19.0 Å². The number of nitrogens with zero attached hydrogens (tertiary/aromatic N) is 1. The van der Waals surface area contributed by atoms with Crippen LogP contribution >= 0.6 is 0 Å². The van der Waals surface area contributed by atoms with E-state index in [9.17, 15) is 19.2 Å². The number of carbonyl (C=O) groups excluding carboxylic acids is 4. The van der Waals surface area contributed by atoms with E-state index in [1.807, 2.05) is 54.6 Å². The van der Waals surface area contributed by atoms with Crippen LogP contribution in [0.25, 0.3) is 11.1 Å². The van der Waals surface area contributed by atoms with Gasteiger partial charge in [-0.3, -0.25) is 14.4 Å². The second-order valence-electron chi connectivity index (χ2n) is 10.3. The lowest BCUT2D eigenvalue weighted by atomic mass is 9.92. The van der Waals surface area contributed by atoms with Gasteiger partial charge in [-0.15, -0.1) is 0 Å². The molecule has 8 heteroatoms. The summed E-state index contributed by atoms with van der Waals surface area (Å²) in [5.74, 6) is 0.0239. The van der Waals surface area contributed by atoms with Crippen LogP contribution in [-0.4, -0.2) is 60.7 Å². The maximum Gasteiger partial charge on any atom is 0.261 e. The first-order valence-corrected chi connectivity index (χ1v) is 13.1. The zero-order valence-electron chi connectivity index (χ0n) is 20.8. The maximum absolute atomic E-state index is 13.4. The summed E-state index contributed by atoms with van der Waals surface area (Å²) in [6.45, 7) is 0.943. The quantitative estimate of drug-likeness (QED) is 0.512. The Morgan fingerprint density at radius 1 is 1.08 bits per heavy atom. The van der Waals surface area contributed by atoms with Crippen LogP contribution in [0.1, 0.15) is 32.1 Å². The van der Waals surface area contributed by atoms with Gasteiger partial charge in [-0.2, -0.15) is 0 Å². The molecule has 1 aliphatic carbocycles. The van der Waals surface area contributed by atoms with Crippen LogP contribution in [0.4, 0.5) is 0 Å². The highest BCUT2D eigenvalue weighted by atomic mass is 16.5. The van der Waals surface area contributed by atoms with Crippen LogP contribution in [0.3, 0.4) is 0 Å². The molecule has 0 aromatic heterocycles. The van der Waals surface area contributed by atoms with E-state index in [-0.39, 0.29) is 48.5 Å². The molecule has 0 spiro atoms. The Balaban J connectivity index is 1.24. The standard InChI is InChI=1S/C29H33N3O5/c33-17-23(14-21-12-13-30-28(21)35)31-29(36)27-25-11-5-9-22(25)16-32(27)26(34)18-37-24-10-4-8-20(15-24)19-6-2-1-3-7-19/h1-4,6-8,10,15,17,21-23,25,27H,5,9,11-14,16,18H2,(H,30,35)(H,31,36)/t21-,22-,23-,25+,27?/m0/s1. The Morgan fingerprint density at radius 3 is 2.65 bits per heavy atom. The smallest absolute Gasteiger partial charge is 0.261 e. The first-order chi connectivity index (χ1) is 18.0. The number of nitrogens with one attached hydrogen (secondary N) is 2. The lowest BCUT2D eigenvalue weighted by Crippen LogP contribution is -2.52. The minimum Gasteiger partial charge on any atom is -0.484 e. The maximum atomic E-state index is 13.4. The fourth-order valence-corrected chi connectivity index (χ4v) is 6.12. The van der Waals surface area contributed by atoms with E-state index in [0.29, 0.717) is 31.5 Å². The molecule has 2 N–H and O–H groups in total. The molecule has 37 heavy (non-hydrogen) atoms. The number of hydrogen-bond donors (Lipinski definition) is 2. The number of rotatable bonds is 9. The van der Waals surface area contributed by atoms with E-state index in [1.54, 1.807) is 4.90 Å². The predicted octanol–water partition coefficient (Wildman–Crippen LogP) is 2.57. The van der Waals surface area contributed by atoms with Crippen molar-refractivity contribution in [1.82, 2.24) is 15.5 Å². The third kappa shape index (κ3) is 5.53. The predicted molar refractivity (Wildman–Crippen MR) is 137 cm³/mol. The van der Waals surface area contributed by atoms with Crippen molar-refractivity contribution in [1.29, 1.82) is 0 Å². The average Bonchev–Trinajstić information content (AvgIpc) is 3.64. The summed E-state index contributed by atoms with van der Waals surface area (Å²) in [6, 6.07) is 16.2. The Kier molecular flexibility index (Phi) is 7.53. The Labute approximate surface area is 216 Å². The fraction of sp³-hybridized carbons (Fsp3) is 0.448. The molecule has 1 saturated carbocycles. The van der Waals surface area contributed by atoms with E-state index >= 15 is 0 Å². The van der Waals surface area contributed by atoms with Gasteiger partial charge in [-0.05, 0) is 60.8 Å². The highest BCUT2D eigenvalue weighted by Gasteiger charge is 2.49. The van der Waals surface area contributed by atoms with Gasteiger partial charge in [0.1, 0.15) is 18.1 Å². The fourth-order valence-electron chi connectivity index (χ4n) is 6.12. The molecule has 2 aromatic rings. The van der Waals surface area contributed by atoms with Crippen molar-refractivity contribution in [3.8, 4) is 16.9 Å². The monoisotopic (exact) mass is 503 g/mol. The molecule has 3 fully saturated rings. The first-order valence-electron chi connectivity index (χ1n) is 13.1. The summed E-state index contributed by atoms with van der Waals surface area (Å²) in [6.07, 6.45) is 4.51. The summed E-state index contributed by atoms with van der Waals surface area (Å²) in [5.41, 5.74) is 2.05. The lowest BCUT2D eigenvalue weighted by Gasteiger charge is -2.28. The number of likely N-dealkylation sites (tertiary alicyclic amines) is 1. The van der Waals surface area contributed by atoms with Crippen molar-refractivity contribution in [2.24, 2.45) is 17.8 Å². The molecule has 8 nitrogen and oxygen atoms in total. The number of hydrogen-bond acceptors (Lipinski definition) is 5. The third-order valence-electron chi connectivity index (χ3n) is 7.98. The number of fused-ring (bicyclic) bond motifs is 1. The van der Waals surface area contributed by atoms with E-state index in [0.717, 1.165) is 30.4 Å². The summed E-state index contributed by atoms with van der Waals surface area (Å²) >= 11 is 0. The Morgan fingerprint density at radius 2 is 1.89 bits per heavy atom. The average molecular weight is 504 g/mol. The van der Waals surface area contributed by atoms with Gasteiger partial charge in [0.15, 0.2) is 6.61 Å². The van der Waals surface area contributed by atoms with Crippen LogP contribution in [0, 0.1) is 17.8 Å². The van der Waals surface area contributed by atoms with Gasteiger partial charge in [0.05, 0.1) is 6.04 Å². The molecule has 194 valence electrons. The molecule has 0 radical (unpaired) electrons. The molecule has 2 heterocycles. The summed E-state index contributed by atoms with van der Waals surface area (Å²) in [5, 5.41) is 5.60. The molecular formula is C29H33N3O5. The van der Waals surface area contributed by atoms with Crippen molar-refractivity contribution >= 4 is 24.0 Å². The van der Waals surface area contributed by atoms with Gasteiger partial charge in [0.2, 0.25) is 11.8 Å². The number of aldehydes is 1. The minimum atomic E-state index is -0.754. The van der Waals surface area contributed by atoms with Gasteiger partial charge >= 0.3 is 0 Å². The zero-order valence-corrected chi connectivity index (χ0v) is 20.8. The van der Waals surface area contributed by atoms with Crippen molar-refractivity contribution < 1.29 is 23.9 Å². The van der Waals surface area contributed by atoms with Crippen LogP contribution in [0.15, 0.2) is 54.6 Å². The summed E-state index contributed by atoms with van der Waals surface area (Å²) in [4.78, 5) is 52.0. The van der Waals surface area contributed by atoms with E-state index in [4.69, 9.17) is 4.74 Å². The van der Waals surface area contributed by atoms with Gasteiger partial charge in [0.25, 0.3) is 5.91 Å². The molecule has 1 unspecified atom stereocenters. The van der Waals surface area contributed by atoms with Crippen molar-refractivity contribution in [3.63, 3.8) is 0 Å². The minimum absolute atomic E-state index is 0.0763. The normalized spacial score (nSPS) is 25.3. The van der Waals surface area contributed by atoms with Gasteiger partial charge in [-0.1, -0.05) is 48.9 Å². The topological polar surface area (TPSA) is 105 Å². The van der Waals surface area contributed by atoms with Crippen LogP contribution in [-0.2, 0) is 19.2 Å². The highest BCUT2D eigenvalue weighted by Crippen LogP contribution is 2.42. The molecule has 2 saturated heterocycles. The highest BCUT2D eigenvalue weighted by molar-refractivity contribution is 5.91. The first kappa shape index (κ1) is 25.0. The van der Waals surface area contributed by atoms with Crippen LogP contribution in [0.2, 0.25) is 0 Å². The molecular weight excluding hydrogens is 470 g/mol. The molecule has 0 bridgehead atoms. The molecule has 3 amide bonds. The van der Waals surface area contributed by atoms with Gasteiger partial charge in [-0.25, -0.2) is 0 Å².